The van der Waals surface area contributed by atoms with Crippen molar-refractivity contribution in [2.75, 3.05) is 0 Å². The molecule has 2 rings (SSSR count). The first kappa shape index (κ1) is 15.3. The topological polar surface area (TPSA) is 26.3 Å². The normalized spacial score (nSPS) is 10.8. The predicted octanol–water partition coefficient (Wildman–Crippen LogP) is 4.95. The third-order valence-electron chi connectivity index (χ3n) is 3.64. The van der Waals surface area contributed by atoms with E-state index in [-0.39, 0.29) is 5.97 Å². The Balaban J connectivity index is 2.22. The van der Waals surface area contributed by atoms with Crippen molar-refractivity contribution in [2.45, 2.75) is 40.5 Å². The molecule has 2 heteroatoms. The molecule has 0 fully saturated rings. The van der Waals surface area contributed by atoms with Crippen molar-refractivity contribution in [1.29, 1.82) is 0 Å². The number of rotatable bonds is 3. The summed E-state index contributed by atoms with van der Waals surface area (Å²) in [5.41, 5.74) is 4.96. The summed E-state index contributed by atoms with van der Waals surface area (Å²) in [5.74, 6) is 0.766. The molecule has 2 aromatic rings. The average molecular weight is 282 g/mol. The molecule has 0 aliphatic heterocycles. The molecule has 0 aliphatic carbocycles. The maximum atomic E-state index is 12.4. The van der Waals surface area contributed by atoms with E-state index in [4.69, 9.17) is 4.74 Å². The fourth-order valence-corrected chi connectivity index (χ4v) is 2.58. The van der Waals surface area contributed by atoms with Crippen LogP contribution in [-0.4, -0.2) is 5.97 Å². The van der Waals surface area contributed by atoms with E-state index in [1.54, 1.807) is 0 Å². The Bertz CT molecular complexity index is 629. The number of hydrogen-bond donors (Lipinski definition) is 0. The lowest BCUT2D eigenvalue weighted by Crippen LogP contribution is -2.12. The Morgan fingerprint density at radius 3 is 1.95 bits per heavy atom. The zero-order valence-corrected chi connectivity index (χ0v) is 13.4. The quantitative estimate of drug-likeness (QED) is 0.588. The highest BCUT2D eigenvalue weighted by Crippen LogP contribution is 2.22. The van der Waals surface area contributed by atoms with Crippen LogP contribution >= 0.6 is 0 Å². The first-order chi connectivity index (χ1) is 9.88. The fourth-order valence-electron chi connectivity index (χ4n) is 2.58. The molecule has 0 bridgehead atoms. The second kappa shape index (κ2) is 6.13. The van der Waals surface area contributed by atoms with Crippen LogP contribution in [0.15, 0.2) is 36.4 Å². The minimum atomic E-state index is -0.290. The summed E-state index contributed by atoms with van der Waals surface area (Å²) >= 11 is 0. The highest BCUT2D eigenvalue weighted by molar-refractivity contribution is 5.94. The summed E-state index contributed by atoms with van der Waals surface area (Å²) in [5, 5.41) is 0. The highest BCUT2D eigenvalue weighted by atomic mass is 16.5. The Labute approximate surface area is 126 Å². The molecule has 21 heavy (non-hydrogen) atoms. The van der Waals surface area contributed by atoms with E-state index in [2.05, 4.69) is 13.8 Å². The van der Waals surface area contributed by atoms with Crippen LogP contribution in [0, 0.1) is 20.8 Å². The van der Waals surface area contributed by atoms with Gasteiger partial charge in [-0.15, -0.1) is 0 Å². The van der Waals surface area contributed by atoms with E-state index in [1.807, 2.05) is 57.2 Å². The minimum absolute atomic E-state index is 0.290. The van der Waals surface area contributed by atoms with Gasteiger partial charge in [0.15, 0.2) is 0 Å². The van der Waals surface area contributed by atoms with Gasteiger partial charge < -0.3 is 4.74 Å². The Kier molecular flexibility index (Phi) is 4.46. The van der Waals surface area contributed by atoms with Crippen LogP contribution in [0.5, 0.6) is 5.75 Å². The summed E-state index contributed by atoms with van der Waals surface area (Å²) < 4.78 is 5.50. The maximum Gasteiger partial charge on any atom is 0.344 e. The molecule has 0 heterocycles. The van der Waals surface area contributed by atoms with Crippen molar-refractivity contribution >= 4 is 5.97 Å². The van der Waals surface area contributed by atoms with Crippen molar-refractivity contribution < 1.29 is 9.53 Å². The second-order valence-electron chi connectivity index (χ2n) is 5.89. The summed E-state index contributed by atoms with van der Waals surface area (Å²) in [6.07, 6.45) is 0. The Morgan fingerprint density at radius 1 is 0.952 bits per heavy atom. The molecule has 0 spiro atoms. The molecule has 0 saturated heterocycles. The van der Waals surface area contributed by atoms with Crippen molar-refractivity contribution in [1.82, 2.24) is 0 Å². The lowest BCUT2D eigenvalue weighted by Gasteiger charge is -2.11. The van der Waals surface area contributed by atoms with Crippen LogP contribution < -0.4 is 4.74 Å². The van der Waals surface area contributed by atoms with Gasteiger partial charge in [-0.25, -0.2) is 4.79 Å². The van der Waals surface area contributed by atoms with Gasteiger partial charge in [0.1, 0.15) is 5.75 Å². The van der Waals surface area contributed by atoms with Gasteiger partial charge >= 0.3 is 5.97 Å². The summed E-state index contributed by atoms with van der Waals surface area (Å²) in [7, 11) is 0. The molecule has 2 nitrogen and oxygen atoms in total. The zero-order chi connectivity index (χ0) is 15.6. The van der Waals surface area contributed by atoms with Crippen molar-refractivity contribution in [3.05, 3.63) is 64.2 Å². The van der Waals surface area contributed by atoms with E-state index in [9.17, 15) is 4.79 Å². The van der Waals surface area contributed by atoms with Gasteiger partial charge in [0, 0.05) is 0 Å². The number of hydrogen-bond acceptors (Lipinski definition) is 2. The molecular weight excluding hydrogens is 260 g/mol. The van der Waals surface area contributed by atoms with Crippen molar-refractivity contribution in [3.8, 4) is 5.75 Å². The SMILES string of the molecule is Cc1cc(C)c(C(=O)Oc2ccc(C(C)C)cc2)c(C)c1. The van der Waals surface area contributed by atoms with Crippen LogP contribution in [0.3, 0.4) is 0 Å². The highest BCUT2D eigenvalue weighted by Gasteiger charge is 2.15. The van der Waals surface area contributed by atoms with Crippen LogP contribution in [-0.2, 0) is 0 Å². The average Bonchev–Trinajstić information content (AvgIpc) is 2.37. The monoisotopic (exact) mass is 282 g/mol. The summed E-state index contributed by atoms with van der Waals surface area (Å²) in [4.78, 5) is 12.4. The van der Waals surface area contributed by atoms with Gasteiger partial charge in [-0.3, -0.25) is 0 Å². The largest absolute Gasteiger partial charge is 0.423 e. The van der Waals surface area contributed by atoms with Crippen molar-refractivity contribution in [3.63, 3.8) is 0 Å². The lowest BCUT2D eigenvalue weighted by atomic mass is 10.00. The molecule has 0 unspecified atom stereocenters. The number of esters is 1. The van der Waals surface area contributed by atoms with Gasteiger partial charge in [-0.1, -0.05) is 43.7 Å². The van der Waals surface area contributed by atoms with E-state index in [0.717, 1.165) is 16.7 Å². The number of aryl methyl sites for hydroxylation is 3. The summed E-state index contributed by atoms with van der Waals surface area (Å²) in [6.45, 7) is 10.2. The molecule has 0 aromatic heterocycles. The predicted molar refractivity (Wildman–Crippen MR) is 86.1 cm³/mol. The van der Waals surface area contributed by atoms with E-state index in [1.165, 1.54) is 5.56 Å². The number of benzene rings is 2. The Hall–Kier alpha value is -2.09. The maximum absolute atomic E-state index is 12.4. The first-order valence-electron chi connectivity index (χ1n) is 7.28. The molecule has 0 atom stereocenters. The molecule has 110 valence electrons. The molecule has 0 amide bonds. The van der Waals surface area contributed by atoms with E-state index >= 15 is 0 Å². The number of carbonyl (C=O) groups excluding carboxylic acids is 1. The van der Waals surface area contributed by atoms with Gasteiger partial charge in [0.25, 0.3) is 0 Å². The van der Waals surface area contributed by atoms with Crippen LogP contribution in [0.2, 0.25) is 0 Å². The molecule has 0 radical (unpaired) electrons. The molecule has 0 N–H and O–H groups in total. The van der Waals surface area contributed by atoms with Crippen LogP contribution in [0.25, 0.3) is 0 Å². The first-order valence-corrected chi connectivity index (χ1v) is 7.28. The number of carbonyl (C=O) groups is 1. The molecule has 2 aromatic carbocycles. The molecule has 0 aliphatic rings. The van der Waals surface area contributed by atoms with Crippen LogP contribution in [0.4, 0.5) is 0 Å². The van der Waals surface area contributed by atoms with Crippen molar-refractivity contribution in [2.24, 2.45) is 0 Å². The summed E-state index contributed by atoms with van der Waals surface area (Å²) in [6, 6.07) is 11.7. The van der Waals surface area contributed by atoms with E-state index < -0.39 is 0 Å². The Morgan fingerprint density at radius 2 is 1.48 bits per heavy atom. The second-order valence-corrected chi connectivity index (χ2v) is 5.89. The lowest BCUT2D eigenvalue weighted by molar-refractivity contribution is 0.0733. The minimum Gasteiger partial charge on any atom is -0.423 e. The third kappa shape index (κ3) is 3.52. The van der Waals surface area contributed by atoms with Gasteiger partial charge in [0.05, 0.1) is 5.56 Å². The molecule has 0 saturated carbocycles. The van der Waals surface area contributed by atoms with E-state index in [0.29, 0.717) is 17.2 Å². The zero-order valence-electron chi connectivity index (χ0n) is 13.4. The van der Waals surface area contributed by atoms with Crippen LogP contribution in [0.1, 0.15) is 52.4 Å². The third-order valence-corrected chi connectivity index (χ3v) is 3.64. The van der Waals surface area contributed by atoms with Gasteiger partial charge in [-0.2, -0.15) is 0 Å². The smallest absolute Gasteiger partial charge is 0.344 e. The standard InChI is InChI=1S/C19H22O2/c1-12(2)16-6-8-17(9-7-16)21-19(20)18-14(4)10-13(3)11-15(18)5/h6-12H,1-5H3. The molecular formula is C19H22O2. The van der Waals surface area contributed by atoms with Gasteiger partial charge in [-0.05, 0) is 55.5 Å². The van der Waals surface area contributed by atoms with Gasteiger partial charge in [0.2, 0.25) is 0 Å². The fraction of sp³-hybridized carbons (Fsp3) is 0.316. The number of ether oxygens (including phenoxy) is 1.